The van der Waals surface area contributed by atoms with Crippen molar-refractivity contribution < 1.29 is 13.2 Å². The summed E-state index contributed by atoms with van der Waals surface area (Å²) in [6.07, 6.45) is 7.25. The van der Waals surface area contributed by atoms with E-state index in [2.05, 4.69) is 17.1 Å². The summed E-state index contributed by atoms with van der Waals surface area (Å²) in [5, 5.41) is 3.02. The minimum atomic E-state index is -3.47. The summed E-state index contributed by atoms with van der Waals surface area (Å²) in [5.41, 5.74) is 3.96. The van der Waals surface area contributed by atoms with Gasteiger partial charge in [0.1, 0.15) is 0 Å². The lowest BCUT2D eigenvalue weighted by Crippen LogP contribution is -2.40. The van der Waals surface area contributed by atoms with Crippen molar-refractivity contribution in [2.45, 2.75) is 65.5 Å². The second-order valence-electron chi connectivity index (χ2n) is 9.41. The van der Waals surface area contributed by atoms with Crippen molar-refractivity contribution in [3.05, 3.63) is 64.7 Å². The largest absolute Gasteiger partial charge is 0.352 e. The number of nitrogens with zero attached hydrogens (tertiary/aromatic N) is 2. The molecule has 0 spiro atoms. The van der Waals surface area contributed by atoms with Crippen molar-refractivity contribution in [1.29, 1.82) is 0 Å². The van der Waals surface area contributed by atoms with E-state index >= 15 is 0 Å². The second-order valence-corrected chi connectivity index (χ2v) is 11.3. The fourth-order valence-corrected chi connectivity index (χ4v) is 5.89. The van der Waals surface area contributed by atoms with Crippen LogP contribution in [0.1, 0.15) is 66.1 Å². The van der Waals surface area contributed by atoms with Gasteiger partial charge in [0.05, 0.1) is 18.5 Å². The summed E-state index contributed by atoms with van der Waals surface area (Å²) in [5.74, 6) is -0.0908. The molecule has 2 aromatic rings. The zero-order valence-electron chi connectivity index (χ0n) is 21.0. The van der Waals surface area contributed by atoms with Crippen LogP contribution in [0, 0.1) is 13.8 Å². The third-order valence-corrected chi connectivity index (χ3v) is 7.87. The Bertz CT molecular complexity index is 1050. The number of benzene rings is 2. The first-order valence-electron chi connectivity index (χ1n) is 12.4. The van der Waals surface area contributed by atoms with Crippen molar-refractivity contribution in [2.24, 2.45) is 0 Å². The number of carbonyl (C=O) groups is 1. The van der Waals surface area contributed by atoms with Crippen LogP contribution in [-0.2, 0) is 16.6 Å². The van der Waals surface area contributed by atoms with E-state index in [9.17, 15) is 13.2 Å². The van der Waals surface area contributed by atoms with E-state index < -0.39 is 10.0 Å². The fraction of sp³-hybridized carbons (Fsp3) is 0.519. The van der Waals surface area contributed by atoms with Crippen LogP contribution in [-0.4, -0.2) is 51.2 Å². The summed E-state index contributed by atoms with van der Waals surface area (Å²) in [4.78, 5) is 15.2. The number of para-hydroxylation sites is 1. The number of anilines is 1. The van der Waals surface area contributed by atoms with Gasteiger partial charge in [-0.1, -0.05) is 43.7 Å². The topological polar surface area (TPSA) is 69.7 Å². The molecule has 3 rings (SSSR count). The Kier molecular flexibility index (Phi) is 9.14. The molecule has 0 aliphatic carbocycles. The van der Waals surface area contributed by atoms with Crippen LogP contribution >= 0.6 is 0 Å². The third kappa shape index (κ3) is 6.83. The van der Waals surface area contributed by atoms with Crippen LogP contribution in [0.25, 0.3) is 0 Å². The van der Waals surface area contributed by atoms with Gasteiger partial charge in [0.25, 0.3) is 5.91 Å². The molecule has 1 heterocycles. The van der Waals surface area contributed by atoms with Gasteiger partial charge in [-0.05, 0) is 74.9 Å². The predicted octanol–water partition coefficient (Wildman–Crippen LogP) is 4.65. The standard InChI is InChI=1S/C27H39N3O3S/c1-5-25-12-6-7-18-29(25)19-9-17-28-27(31)24-15-13-23(14-16-24)20-30(34(4,32)33)26-21(2)10-8-11-22(26)3/h8,10-11,13-16,25H,5-7,9,12,17-20H2,1-4H3,(H,28,31). The fourth-order valence-electron chi connectivity index (χ4n) is 4.89. The quantitative estimate of drug-likeness (QED) is 0.497. The Labute approximate surface area is 205 Å². The van der Waals surface area contributed by atoms with Gasteiger partial charge in [0.15, 0.2) is 0 Å². The average molecular weight is 486 g/mol. The molecule has 1 atom stereocenters. The zero-order valence-corrected chi connectivity index (χ0v) is 21.8. The molecule has 1 unspecified atom stereocenters. The summed E-state index contributed by atoms with van der Waals surface area (Å²) in [6, 6.07) is 13.7. The first-order valence-corrected chi connectivity index (χ1v) is 14.2. The maximum Gasteiger partial charge on any atom is 0.251 e. The number of hydrogen-bond donors (Lipinski definition) is 1. The van der Waals surface area contributed by atoms with E-state index in [4.69, 9.17) is 0 Å². The molecule has 0 saturated carbocycles. The van der Waals surface area contributed by atoms with Crippen LogP contribution in [0.2, 0.25) is 0 Å². The van der Waals surface area contributed by atoms with E-state index in [1.807, 2.05) is 44.2 Å². The molecule has 1 fully saturated rings. The molecular formula is C27H39N3O3S. The first-order chi connectivity index (χ1) is 16.2. The molecule has 1 N–H and O–H groups in total. The van der Waals surface area contributed by atoms with E-state index in [1.54, 1.807) is 12.1 Å². The van der Waals surface area contributed by atoms with Crippen molar-refractivity contribution >= 4 is 21.6 Å². The minimum absolute atomic E-state index is 0.0908. The van der Waals surface area contributed by atoms with Crippen LogP contribution in [0.3, 0.4) is 0 Å². The van der Waals surface area contributed by atoms with Crippen LogP contribution < -0.4 is 9.62 Å². The molecule has 1 amide bonds. The Hall–Kier alpha value is -2.38. The Morgan fingerprint density at radius 1 is 1.09 bits per heavy atom. The van der Waals surface area contributed by atoms with Gasteiger partial charge >= 0.3 is 0 Å². The summed E-state index contributed by atoms with van der Waals surface area (Å²) in [7, 11) is -3.47. The van der Waals surface area contributed by atoms with Crippen molar-refractivity contribution in [1.82, 2.24) is 10.2 Å². The molecule has 7 heteroatoms. The Balaban J connectivity index is 1.57. The number of rotatable bonds is 10. The van der Waals surface area contributed by atoms with E-state index in [0.29, 0.717) is 23.8 Å². The molecule has 1 aliphatic heterocycles. The maximum atomic E-state index is 12.6. The lowest BCUT2D eigenvalue weighted by Gasteiger charge is -2.35. The molecular weight excluding hydrogens is 446 g/mol. The van der Waals surface area contributed by atoms with Crippen molar-refractivity contribution in [3.63, 3.8) is 0 Å². The van der Waals surface area contributed by atoms with Gasteiger partial charge in [-0.25, -0.2) is 8.42 Å². The second kappa shape index (κ2) is 11.8. The van der Waals surface area contributed by atoms with Crippen molar-refractivity contribution in [3.8, 4) is 0 Å². The predicted molar refractivity (Wildman–Crippen MR) is 140 cm³/mol. The van der Waals surface area contributed by atoms with E-state index in [1.165, 1.54) is 42.8 Å². The third-order valence-electron chi connectivity index (χ3n) is 6.76. The molecule has 0 aromatic heterocycles. The number of hydrogen-bond acceptors (Lipinski definition) is 4. The molecule has 2 aromatic carbocycles. The minimum Gasteiger partial charge on any atom is -0.352 e. The maximum absolute atomic E-state index is 12.6. The molecule has 1 aliphatic rings. The normalized spacial score (nSPS) is 16.9. The number of nitrogens with one attached hydrogen (secondary N) is 1. The lowest BCUT2D eigenvalue weighted by atomic mass is 10.00. The monoisotopic (exact) mass is 485 g/mol. The number of piperidine rings is 1. The molecule has 0 radical (unpaired) electrons. The molecule has 186 valence electrons. The highest BCUT2D eigenvalue weighted by atomic mass is 32.2. The highest BCUT2D eigenvalue weighted by molar-refractivity contribution is 7.92. The Morgan fingerprint density at radius 3 is 2.38 bits per heavy atom. The number of amides is 1. The number of sulfonamides is 1. The smallest absolute Gasteiger partial charge is 0.251 e. The van der Waals surface area contributed by atoms with Crippen LogP contribution in [0.5, 0.6) is 0 Å². The van der Waals surface area contributed by atoms with Crippen LogP contribution in [0.15, 0.2) is 42.5 Å². The highest BCUT2D eigenvalue weighted by Crippen LogP contribution is 2.28. The Morgan fingerprint density at radius 2 is 1.76 bits per heavy atom. The van der Waals surface area contributed by atoms with Crippen LogP contribution in [0.4, 0.5) is 5.69 Å². The SMILES string of the molecule is CCC1CCCCN1CCCNC(=O)c1ccc(CN(c2c(C)cccc2C)S(C)(=O)=O)cc1. The average Bonchev–Trinajstić information content (AvgIpc) is 2.81. The molecule has 34 heavy (non-hydrogen) atoms. The summed E-state index contributed by atoms with van der Waals surface area (Å²) in [6.45, 7) is 9.16. The van der Waals surface area contributed by atoms with E-state index in [0.717, 1.165) is 29.7 Å². The first kappa shape index (κ1) is 26.2. The van der Waals surface area contributed by atoms with Gasteiger partial charge in [-0.2, -0.15) is 0 Å². The number of carbonyl (C=O) groups excluding carboxylic acids is 1. The van der Waals surface area contributed by atoms with Gasteiger partial charge in [-0.15, -0.1) is 0 Å². The van der Waals surface area contributed by atoms with Gasteiger partial charge < -0.3 is 10.2 Å². The summed E-state index contributed by atoms with van der Waals surface area (Å²) >= 11 is 0. The zero-order chi connectivity index (χ0) is 24.7. The van der Waals surface area contributed by atoms with E-state index in [-0.39, 0.29) is 12.5 Å². The lowest BCUT2D eigenvalue weighted by molar-refractivity contribution is 0.0947. The highest BCUT2D eigenvalue weighted by Gasteiger charge is 2.22. The van der Waals surface area contributed by atoms with Gasteiger partial charge in [-0.3, -0.25) is 9.10 Å². The molecule has 1 saturated heterocycles. The number of likely N-dealkylation sites (tertiary alicyclic amines) is 1. The van der Waals surface area contributed by atoms with Gasteiger partial charge in [0.2, 0.25) is 10.0 Å². The van der Waals surface area contributed by atoms with Gasteiger partial charge in [0, 0.05) is 24.7 Å². The number of aryl methyl sites for hydroxylation is 2. The molecule has 6 nitrogen and oxygen atoms in total. The molecule has 0 bridgehead atoms. The summed E-state index contributed by atoms with van der Waals surface area (Å²) < 4.78 is 26.6. The van der Waals surface area contributed by atoms with Crippen molar-refractivity contribution in [2.75, 3.05) is 30.2 Å².